The molecule has 1 aromatic rings. The topological polar surface area (TPSA) is 66.6 Å². The molecular weight excluding hydrogens is 154 g/mol. The molecule has 0 unspecified atom stereocenters. The zero-order valence-corrected chi connectivity index (χ0v) is 7.44. The smallest absolute Gasteiger partial charge is 0.0629 e. The van der Waals surface area contributed by atoms with Crippen LogP contribution < -0.4 is 0 Å². The molecule has 0 bridgehead atoms. The van der Waals surface area contributed by atoms with Gasteiger partial charge in [0.25, 0.3) is 0 Å². The standard InChI is InChI=1S/C7H11N5/c1-5-7(4-9-11-8)6(2)12(3)10-5/h4H2,1-3H3. The first-order valence-corrected chi connectivity index (χ1v) is 3.66. The van der Waals surface area contributed by atoms with Crippen LogP contribution in [0.4, 0.5) is 0 Å². The molecule has 0 aliphatic heterocycles. The van der Waals surface area contributed by atoms with Gasteiger partial charge >= 0.3 is 0 Å². The molecule has 1 heterocycles. The van der Waals surface area contributed by atoms with E-state index in [2.05, 4.69) is 15.1 Å². The van der Waals surface area contributed by atoms with E-state index in [0.717, 1.165) is 17.0 Å². The first-order chi connectivity index (χ1) is 5.66. The minimum absolute atomic E-state index is 0.391. The van der Waals surface area contributed by atoms with Gasteiger partial charge in [-0.3, -0.25) is 4.68 Å². The maximum Gasteiger partial charge on any atom is 0.0629 e. The Kier molecular flexibility index (Phi) is 2.35. The molecule has 0 spiro atoms. The zero-order valence-electron chi connectivity index (χ0n) is 7.44. The highest BCUT2D eigenvalue weighted by Gasteiger charge is 2.06. The maximum absolute atomic E-state index is 8.15. The van der Waals surface area contributed by atoms with E-state index in [1.54, 1.807) is 4.68 Å². The number of rotatable bonds is 2. The van der Waals surface area contributed by atoms with Crippen LogP contribution in [0.25, 0.3) is 10.4 Å². The fraction of sp³-hybridized carbons (Fsp3) is 0.571. The summed E-state index contributed by atoms with van der Waals surface area (Å²) in [6.07, 6.45) is 0. The molecule has 0 N–H and O–H groups in total. The Hall–Kier alpha value is -1.48. The highest BCUT2D eigenvalue weighted by molar-refractivity contribution is 5.23. The molecule has 0 aliphatic carbocycles. The molecular formula is C7H11N5. The van der Waals surface area contributed by atoms with Crippen LogP contribution >= 0.6 is 0 Å². The van der Waals surface area contributed by atoms with Crippen LogP contribution in [0.2, 0.25) is 0 Å². The van der Waals surface area contributed by atoms with Crippen LogP contribution in [-0.2, 0) is 13.6 Å². The molecule has 0 atom stereocenters. The van der Waals surface area contributed by atoms with E-state index in [1.807, 2.05) is 20.9 Å². The van der Waals surface area contributed by atoms with Gasteiger partial charge in [-0.25, -0.2) is 0 Å². The van der Waals surface area contributed by atoms with E-state index in [4.69, 9.17) is 5.53 Å². The van der Waals surface area contributed by atoms with Crippen molar-refractivity contribution in [3.05, 3.63) is 27.4 Å². The highest BCUT2D eigenvalue weighted by atomic mass is 15.3. The predicted octanol–water partition coefficient (Wildman–Crippen LogP) is 1.85. The van der Waals surface area contributed by atoms with Crippen LogP contribution in [0.15, 0.2) is 5.11 Å². The summed E-state index contributed by atoms with van der Waals surface area (Å²) < 4.78 is 1.79. The molecule has 64 valence electrons. The zero-order chi connectivity index (χ0) is 9.14. The third-order valence-electron chi connectivity index (χ3n) is 1.95. The Bertz CT molecular complexity index is 332. The van der Waals surface area contributed by atoms with Gasteiger partial charge in [-0.05, 0) is 19.4 Å². The highest BCUT2D eigenvalue weighted by Crippen LogP contribution is 2.12. The third kappa shape index (κ3) is 1.40. The summed E-state index contributed by atoms with van der Waals surface area (Å²) in [6, 6.07) is 0. The molecule has 0 aromatic carbocycles. The number of aromatic nitrogens is 2. The van der Waals surface area contributed by atoms with Crippen molar-refractivity contribution in [2.45, 2.75) is 20.4 Å². The van der Waals surface area contributed by atoms with Crippen molar-refractivity contribution < 1.29 is 0 Å². The molecule has 5 heteroatoms. The van der Waals surface area contributed by atoms with Crippen molar-refractivity contribution in [3.8, 4) is 0 Å². The third-order valence-corrected chi connectivity index (χ3v) is 1.95. The summed E-state index contributed by atoms with van der Waals surface area (Å²) in [4.78, 5) is 2.71. The number of hydrogen-bond acceptors (Lipinski definition) is 2. The van der Waals surface area contributed by atoms with E-state index in [9.17, 15) is 0 Å². The Labute approximate surface area is 70.6 Å². The first-order valence-electron chi connectivity index (χ1n) is 3.66. The monoisotopic (exact) mass is 165 g/mol. The summed E-state index contributed by atoms with van der Waals surface area (Å²) in [5, 5.41) is 7.70. The molecule has 0 amide bonds. The van der Waals surface area contributed by atoms with Gasteiger partial charge in [0.15, 0.2) is 0 Å². The van der Waals surface area contributed by atoms with E-state index in [0.29, 0.717) is 6.54 Å². The summed E-state index contributed by atoms with van der Waals surface area (Å²) in [5.41, 5.74) is 11.2. The molecule has 0 aliphatic rings. The predicted molar refractivity (Wildman–Crippen MR) is 45.5 cm³/mol. The van der Waals surface area contributed by atoms with Crippen molar-refractivity contribution in [3.63, 3.8) is 0 Å². The van der Waals surface area contributed by atoms with Crippen LogP contribution in [0.3, 0.4) is 0 Å². The van der Waals surface area contributed by atoms with Gasteiger partial charge in [0, 0.05) is 23.2 Å². The summed E-state index contributed by atoms with van der Waals surface area (Å²) in [7, 11) is 1.88. The van der Waals surface area contributed by atoms with Crippen molar-refractivity contribution in [1.29, 1.82) is 0 Å². The van der Waals surface area contributed by atoms with Gasteiger partial charge in [0.05, 0.1) is 12.2 Å². The summed E-state index contributed by atoms with van der Waals surface area (Å²) >= 11 is 0. The minimum atomic E-state index is 0.391. The Morgan fingerprint density at radius 3 is 2.67 bits per heavy atom. The van der Waals surface area contributed by atoms with Gasteiger partial charge in [0.2, 0.25) is 0 Å². The van der Waals surface area contributed by atoms with Gasteiger partial charge in [0.1, 0.15) is 0 Å². The molecule has 0 fully saturated rings. The lowest BCUT2D eigenvalue weighted by Gasteiger charge is -1.94. The molecule has 1 rings (SSSR count). The number of hydrogen-bond donors (Lipinski definition) is 0. The van der Waals surface area contributed by atoms with E-state index in [1.165, 1.54) is 0 Å². The molecule has 5 nitrogen and oxygen atoms in total. The van der Waals surface area contributed by atoms with Crippen LogP contribution in [0.1, 0.15) is 17.0 Å². The largest absolute Gasteiger partial charge is 0.272 e. The number of azide groups is 1. The number of aryl methyl sites for hydroxylation is 2. The molecule has 0 saturated carbocycles. The van der Waals surface area contributed by atoms with E-state index >= 15 is 0 Å². The van der Waals surface area contributed by atoms with E-state index in [-0.39, 0.29) is 0 Å². The second kappa shape index (κ2) is 3.28. The normalized spacial score (nSPS) is 9.58. The summed E-state index contributed by atoms with van der Waals surface area (Å²) in [6.45, 7) is 4.26. The van der Waals surface area contributed by atoms with Gasteiger partial charge < -0.3 is 0 Å². The van der Waals surface area contributed by atoms with Crippen molar-refractivity contribution in [1.82, 2.24) is 9.78 Å². The second-order valence-corrected chi connectivity index (χ2v) is 2.66. The van der Waals surface area contributed by atoms with Crippen LogP contribution in [0.5, 0.6) is 0 Å². The second-order valence-electron chi connectivity index (χ2n) is 2.66. The fourth-order valence-electron chi connectivity index (χ4n) is 1.15. The molecule has 0 radical (unpaired) electrons. The fourth-order valence-corrected chi connectivity index (χ4v) is 1.15. The lowest BCUT2D eigenvalue weighted by Crippen LogP contribution is -1.93. The maximum atomic E-state index is 8.15. The van der Waals surface area contributed by atoms with Gasteiger partial charge in [-0.15, -0.1) is 0 Å². The van der Waals surface area contributed by atoms with Gasteiger partial charge in [-0.2, -0.15) is 5.10 Å². The quantitative estimate of drug-likeness (QED) is 0.374. The average Bonchev–Trinajstić information content (AvgIpc) is 2.25. The van der Waals surface area contributed by atoms with Crippen molar-refractivity contribution in [2.24, 2.45) is 12.2 Å². The van der Waals surface area contributed by atoms with Gasteiger partial charge in [-0.1, -0.05) is 5.11 Å². The SMILES string of the molecule is Cc1nn(C)c(C)c1CN=[N+]=[N-]. The molecule has 0 saturated heterocycles. The number of nitrogens with zero attached hydrogens (tertiary/aromatic N) is 5. The van der Waals surface area contributed by atoms with Crippen LogP contribution in [-0.4, -0.2) is 9.78 Å². The van der Waals surface area contributed by atoms with E-state index < -0.39 is 0 Å². The average molecular weight is 165 g/mol. The lowest BCUT2D eigenvalue weighted by molar-refractivity contribution is 0.730. The van der Waals surface area contributed by atoms with Crippen molar-refractivity contribution in [2.75, 3.05) is 0 Å². The Balaban J connectivity index is 3.04. The molecule has 12 heavy (non-hydrogen) atoms. The summed E-state index contributed by atoms with van der Waals surface area (Å²) in [5.74, 6) is 0. The lowest BCUT2D eigenvalue weighted by atomic mass is 10.2. The Morgan fingerprint density at radius 2 is 2.25 bits per heavy atom. The Morgan fingerprint density at radius 1 is 1.58 bits per heavy atom. The van der Waals surface area contributed by atoms with Crippen molar-refractivity contribution >= 4 is 0 Å². The minimum Gasteiger partial charge on any atom is -0.272 e. The molecule has 1 aromatic heterocycles. The van der Waals surface area contributed by atoms with Crippen LogP contribution in [0, 0.1) is 13.8 Å². The first kappa shape index (κ1) is 8.62.